The molecule has 0 spiro atoms. The number of rotatable bonds is 2. The van der Waals surface area contributed by atoms with Crippen LogP contribution in [0.5, 0.6) is 0 Å². The predicted octanol–water partition coefficient (Wildman–Crippen LogP) is 0.562. The topological polar surface area (TPSA) is 37.3 Å². The third-order valence-corrected chi connectivity index (χ3v) is 0.328. The molecule has 0 rings (SSSR count). The Morgan fingerprint density at radius 2 is 2.50 bits per heavy atom. The molecule has 0 fully saturated rings. The monoisotopic (exact) mass is 86.0 g/mol. The molecule has 2 radical (unpaired) electrons. The maximum absolute atomic E-state index is 9.54. The van der Waals surface area contributed by atoms with Crippen LogP contribution in [0.25, 0.3) is 0 Å². The van der Waals surface area contributed by atoms with Gasteiger partial charge in [-0.1, -0.05) is 6.92 Å². The summed E-state index contributed by atoms with van der Waals surface area (Å²) in [5.74, 6) is -0.822. The van der Waals surface area contributed by atoms with Crippen LogP contribution in [0.1, 0.15) is 13.3 Å². The zero-order valence-electron chi connectivity index (χ0n) is 3.56. The first kappa shape index (κ1) is 5.47. The van der Waals surface area contributed by atoms with E-state index < -0.39 is 5.97 Å². The van der Waals surface area contributed by atoms with Crippen LogP contribution in [-0.2, 0) is 4.79 Å². The molecular weight excluding hydrogens is 80.0 g/mol. The maximum Gasteiger partial charge on any atom is 0.303 e. The lowest BCUT2D eigenvalue weighted by atomic mass is 10.4. The van der Waals surface area contributed by atoms with Gasteiger partial charge in [0.2, 0.25) is 0 Å². The molecule has 0 aromatic heterocycles. The van der Waals surface area contributed by atoms with Crippen LogP contribution < -0.4 is 0 Å². The van der Waals surface area contributed by atoms with Gasteiger partial charge in [-0.15, -0.1) is 0 Å². The van der Waals surface area contributed by atoms with E-state index in [1.54, 1.807) is 6.92 Å². The summed E-state index contributed by atoms with van der Waals surface area (Å²) in [4.78, 5) is 9.54. The molecule has 2 heteroatoms. The minimum Gasteiger partial charge on any atom is -0.481 e. The lowest BCUT2D eigenvalue weighted by molar-refractivity contribution is -0.136. The molecule has 0 amide bonds. The van der Waals surface area contributed by atoms with Crippen molar-refractivity contribution in [2.45, 2.75) is 13.3 Å². The Balaban J connectivity index is 2.83. The Kier molecular flexibility index (Phi) is 2.46. The van der Waals surface area contributed by atoms with Gasteiger partial charge in [0.15, 0.2) is 0 Å². The third-order valence-electron chi connectivity index (χ3n) is 0.328. The van der Waals surface area contributed by atoms with Gasteiger partial charge >= 0.3 is 5.97 Å². The molecule has 0 saturated carbocycles. The van der Waals surface area contributed by atoms with Crippen molar-refractivity contribution in [3.05, 3.63) is 6.42 Å². The molecule has 1 N–H and O–H groups in total. The summed E-state index contributed by atoms with van der Waals surface area (Å²) in [6.45, 7) is 1.59. The Bertz CT molecular complexity index is 49.5. The Morgan fingerprint density at radius 3 is 2.50 bits per heavy atom. The quantitative estimate of drug-likeness (QED) is 0.533. The van der Waals surface area contributed by atoms with Gasteiger partial charge in [-0.3, -0.25) is 4.79 Å². The first-order valence-corrected chi connectivity index (χ1v) is 1.63. The molecule has 0 bridgehead atoms. The van der Waals surface area contributed by atoms with Gasteiger partial charge in [0, 0.05) is 0 Å². The summed E-state index contributed by atoms with van der Waals surface area (Å²) < 4.78 is 0. The molecule has 2 nitrogen and oxygen atoms in total. The lowest BCUT2D eigenvalue weighted by Crippen LogP contribution is -1.90. The lowest BCUT2D eigenvalue weighted by Gasteiger charge is -1.78. The SMILES string of the molecule is C[C]CC(=O)O. The summed E-state index contributed by atoms with van der Waals surface area (Å²) in [5, 5.41) is 7.85. The number of carbonyl (C=O) groups is 1. The second-order valence-electron chi connectivity index (χ2n) is 0.924. The van der Waals surface area contributed by atoms with Crippen molar-refractivity contribution in [3.63, 3.8) is 0 Å². The molecule has 0 atom stereocenters. The standard InChI is InChI=1S/C4H6O2/c1-2-3-4(5)6/h3H2,1H3,(H,5,6). The number of hydrogen-bond acceptors (Lipinski definition) is 1. The molecule has 0 heterocycles. The van der Waals surface area contributed by atoms with E-state index >= 15 is 0 Å². The number of carboxylic acid groups (broad SMARTS) is 1. The smallest absolute Gasteiger partial charge is 0.303 e. The maximum atomic E-state index is 9.54. The van der Waals surface area contributed by atoms with Crippen molar-refractivity contribution in [3.8, 4) is 0 Å². The van der Waals surface area contributed by atoms with Gasteiger partial charge in [-0.05, 0) is 6.42 Å². The van der Waals surface area contributed by atoms with Crippen LogP contribution in [-0.4, -0.2) is 11.1 Å². The highest BCUT2D eigenvalue weighted by Crippen LogP contribution is 1.80. The van der Waals surface area contributed by atoms with Crippen molar-refractivity contribution in [2.24, 2.45) is 0 Å². The second kappa shape index (κ2) is 2.69. The fourth-order valence-electron chi connectivity index (χ4n) is 0.151. The van der Waals surface area contributed by atoms with E-state index in [1.165, 1.54) is 0 Å². The Hall–Kier alpha value is -0.530. The first-order chi connectivity index (χ1) is 2.77. The van der Waals surface area contributed by atoms with Crippen LogP contribution in [0.2, 0.25) is 0 Å². The second-order valence-corrected chi connectivity index (χ2v) is 0.924. The average Bonchev–Trinajstić information content (AvgIpc) is 1.35. The van der Waals surface area contributed by atoms with E-state index in [0.29, 0.717) is 0 Å². The summed E-state index contributed by atoms with van der Waals surface area (Å²) in [6.07, 6.45) is 2.51. The summed E-state index contributed by atoms with van der Waals surface area (Å²) in [5.41, 5.74) is 0. The minimum absolute atomic E-state index is 0.0417. The largest absolute Gasteiger partial charge is 0.481 e. The van der Waals surface area contributed by atoms with E-state index in [0.717, 1.165) is 0 Å². The first-order valence-electron chi connectivity index (χ1n) is 1.63. The van der Waals surface area contributed by atoms with Crippen molar-refractivity contribution >= 4 is 5.97 Å². The zero-order valence-corrected chi connectivity index (χ0v) is 3.56. The summed E-state index contributed by atoms with van der Waals surface area (Å²) in [6, 6.07) is 0. The Morgan fingerprint density at radius 1 is 2.00 bits per heavy atom. The Labute approximate surface area is 36.8 Å². The molecule has 0 aliphatic rings. The third kappa shape index (κ3) is 3.47. The molecule has 0 aliphatic carbocycles. The molecule has 0 aliphatic heterocycles. The molecule has 0 unspecified atom stereocenters. The van der Waals surface area contributed by atoms with Crippen LogP contribution in [0.15, 0.2) is 0 Å². The fraction of sp³-hybridized carbons (Fsp3) is 0.500. The molecule has 34 valence electrons. The van der Waals surface area contributed by atoms with Gasteiger partial charge in [0.05, 0.1) is 6.42 Å². The van der Waals surface area contributed by atoms with E-state index in [1.807, 2.05) is 0 Å². The fourth-order valence-corrected chi connectivity index (χ4v) is 0.151. The predicted molar refractivity (Wildman–Crippen MR) is 21.2 cm³/mol. The van der Waals surface area contributed by atoms with Crippen LogP contribution in [0.3, 0.4) is 0 Å². The van der Waals surface area contributed by atoms with Gasteiger partial charge in [0.25, 0.3) is 0 Å². The number of aliphatic carboxylic acids is 1. The zero-order chi connectivity index (χ0) is 4.99. The van der Waals surface area contributed by atoms with Crippen LogP contribution >= 0.6 is 0 Å². The number of carboxylic acids is 1. The van der Waals surface area contributed by atoms with Gasteiger partial charge in [-0.25, -0.2) is 0 Å². The van der Waals surface area contributed by atoms with Crippen molar-refractivity contribution < 1.29 is 9.90 Å². The molecule has 6 heavy (non-hydrogen) atoms. The summed E-state index contributed by atoms with van der Waals surface area (Å²) in [7, 11) is 0. The van der Waals surface area contributed by atoms with Crippen LogP contribution in [0, 0.1) is 6.42 Å². The number of hydrogen-bond donors (Lipinski definition) is 1. The highest BCUT2D eigenvalue weighted by atomic mass is 16.4. The van der Waals surface area contributed by atoms with Crippen LogP contribution in [0.4, 0.5) is 0 Å². The van der Waals surface area contributed by atoms with E-state index in [-0.39, 0.29) is 6.42 Å². The van der Waals surface area contributed by atoms with Gasteiger partial charge < -0.3 is 5.11 Å². The minimum atomic E-state index is -0.822. The molecule has 0 aromatic carbocycles. The van der Waals surface area contributed by atoms with Gasteiger partial charge in [0.1, 0.15) is 0 Å². The van der Waals surface area contributed by atoms with Gasteiger partial charge in [-0.2, -0.15) is 0 Å². The highest BCUT2D eigenvalue weighted by molar-refractivity contribution is 5.67. The van der Waals surface area contributed by atoms with Crippen molar-refractivity contribution in [1.29, 1.82) is 0 Å². The van der Waals surface area contributed by atoms with E-state index in [9.17, 15) is 4.79 Å². The highest BCUT2D eigenvalue weighted by Gasteiger charge is 1.88. The van der Waals surface area contributed by atoms with Crippen molar-refractivity contribution in [1.82, 2.24) is 0 Å². The average molecular weight is 86.1 g/mol. The van der Waals surface area contributed by atoms with E-state index in [4.69, 9.17) is 5.11 Å². The normalized spacial score (nSPS) is 8.17. The molecule has 0 aromatic rings. The van der Waals surface area contributed by atoms with Crippen molar-refractivity contribution in [2.75, 3.05) is 0 Å². The summed E-state index contributed by atoms with van der Waals surface area (Å²) >= 11 is 0. The molecule has 0 saturated heterocycles. The molecular formula is C4H6O2. The van der Waals surface area contributed by atoms with E-state index in [2.05, 4.69) is 6.42 Å².